The van der Waals surface area contributed by atoms with Crippen LogP contribution in [0.4, 0.5) is 22.7 Å². The molecule has 6 nitrogen and oxygen atoms in total. The second kappa shape index (κ2) is 7.71. The van der Waals surface area contributed by atoms with Crippen molar-refractivity contribution < 1.29 is 9.90 Å². The summed E-state index contributed by atoms with van der Waals surface area (Å²) in [5.74, 6) is -0.370. The summed E-state index contributed by atoms with van der Waals surface area (Å²) >= 11 is 0. The first-order valence-electron chi connectivity index (χ1n) is 9.77. The van der Waals surface area contributed by atoms with Gasteiger partial charge in [-0.25, -0.2) is 4.99 Å². The van der Waals surface area contributed by atoms with Crippen molar-refractivity contribution in [1.82, 2.24) is 0 Å². The number of hydrogen-bond acceptors (Lipinski definition) is 6. The Morgan fingerprint density at radius 2 is 1.37 bits per heavy atom. The molecule has 0 unspecified atom stereocenters. The summed E-state index contributed by atoms with van der Waals surface area (Å²) < 4.78 is 0. The molecule has 0 aromatic heterocycles. The molecule has 0 amide bonds. The number of allylic oxidation sites excluding steroid dienone is 2. The second-order valence-corrected chi connectivity index (χ2v) is 7.76. The molecule has 0 saturated heterocycles. The fourth-order valence-corrected chi connectivity index (χ4v) is 3.41. The van der Waals surface area contributed by atoms with Crippen LogP contribution < -0.4 is 16.8 Å². The molecule has 3 rings (SSSR count). The Bertz CT molecular complexity index is 1170. The molecule has 2 aromatic rings. The summed E-state index contributed by atoms with van der Waals surface area (Å²) in [6.45, 7) is 11.1. The van der Waals surface area contributed by atoms with Crippen LogP contribution in [0.3, 0.4) is 0 Å². The molecule has 6 N–H and O–H groups in total. The van der Waals surface area contributed by atoms with Gasteiger partial charge < -0.3 is 21.9 Å². The molecule has 0 heterocycles. The molecular weight excluding hydrogens is 376 g/mol. The highest BCUT2D eigenvalue weighted by molar-refractivity contribution is 6.27. The van der Waals surface area contributed by atoms with Crippen LogP contribution in [-0.2, 0) is 4.79 Å². The maximum absolute atomic E-state index is 12.9. The number of carbonyl (C=O) groups is 1. The molecule has 0 spiro atoms. The van der Waals surface area contributed by atoms with E-state index in [1.165, 1.54) is 0 Å². The first-order chi connectivity index (χ1) is 14.0. The van der Waals surface area contributed by atoms with E-state index < -0.39 is 0 Å². The highest BCUT2D eigenvalue weighted by atomic mass is 16.3. The number of rotatable bonds is 3. The summed E-state index contributed by atoms with van der Waals surface area (Å²) in [6.07, 6.45) is 0. The number of nitrogen functional groups attached to an aromatic ring is 2. The van der Waals surface area contributed by atoms with E-state index in [-0.39, 0.29) is 17.1 Å². The van der Waals surface area contributed by atoms with Crippen LogP contribution >= 0.6 is 0 Å². The van der Waals surface area contributed by atoms with Crippen molar-refractivity contribution in [2.24, 2.45) is 4.99 Å². The van der Waals surface area contributed by atoms with E-state index in [1.54, 1.807) is 19.9 Å². The molecule has 1 aliphatic carbocycles. The molecule has 0 saturated carbocycles. The minimum atomic E-state index is -0.261. The van der Waals surface area contributed by atoms with E-state index in [0.717, 1.165) is 27.9 Å². The van der Waals surface area contributed by atoms with Gasteiger partial charge in [-0.3, -0.25) is 4.79 Å². The summed E-state index contributed by atoms with van der Waals surface area (Å²) in [6, 6.07) is 7.27. The number of Topliss-reactive ketones (excluding diaryl/α,β-unsaturated/α-hetero) is 1. The van der Waals surface area contributed by atoms with Crippen LogP contribution in [0.15, 0.2) is 51.9 Å². The molecule has 156 valence electrons. The molecule has 0 radical (unpaired) electrons. The molecule has 6 heteroatoms. The number of nitrogens with two attached hydrogens (primary N) is 2. The van der Waals surface area contributed by atoms with E-state index in [2.05, 4.69) is 5.32 Å². The third kappa shape index (κ3) is 3.45. The van der Waals surface area contributed by atoms with Crippen LogP contribution in [0.5, 0.6) is 0 Å². The van der Waals surface area contributed by atoms with Crippen molar-refractivity contribution in [3.63, 3.8) is 0 Å². The predicted octanol–water partition coefficient (Wildman–Crippen LogP) is 4.96. The van der Waals surface area contributed by atoms with Crippen LogP contribution in [0.2, 0.25) is 0 Å². The molecule has 0 atom stereocenters. The molecule has 0 aliphatic heterocycles. The Morgan fingerprint density at radius 1 is 0.800 bits per heavy atom. The van der Waals surface area contributed by atoms with Gasteiger partial charge in [0.15, 0.2) is 0 Å². The Hall–Kier alpha value is -3.54. The minimum Gasteiger partial charge on any atom is -0.505 e. The van der Waals surface area contributed by atoms with Crippen molar-refractivity contribution >= 4 is 34.2 Å². The Morgan fingerprint density at radius 3 is 2.00 bits per heavy atom. The molecule has 0 bridgehead atoms. The van der Waals surface area contributed by atoms with E-state index in [0.29, 0.717) is 34.0 Å². The Labute approximate surface area is 177 Å². The molecular formula is C24H28N4O2. The zero-order valence-corrected chi connectivity index (χ0v) is 18.3. The van der Waals surface area contributed by atoms with Gasteiger partial charge in [-0.1, -0.05) is 0 Å². The lowest BCUT2D eigenvalue weighted by Crippen LogP contribution is -2.26. The van der Waals surface area contributed by atoms with Gasteiger partial charge in [0, 0.05) is 28.2 Å². The fourth-order valence-electron chi connectivity index (χ4n) is 3.41. The largest absolute Gasteiger partial charge is 0.505 e. The lowest BCUT2D eigenvalue weighted by molar-refractivity contribution is -0.112. The van der Waals surface area contributed by atoms with Gasteiger partial charge in [-0.05, 0) is 88.1 Å². The Balaban J connectivity index is 2.15. The van der Waals surface area contributed by atoms with Gasteiger partial charge in [-0.2, -0.15) is 0 Å². The lowest BCUT2D eigenvalue weighted by atomic mass is 9.92. The van der Waals surface area contributed by atoms with Crippen LogP contribution in [0.1, 0.15) is 36.1 Å². The van der Waals surface area contributed by atoms with Gasteiger partial charge >= 0.3 is 0 Å². The summed E-state index contributed by atoms with van der Waals surface area (Å²) in [5, 5.41) is 13.9. The number of aliphatic hydroxyl groups excluding tert-OH is 1. The highest BCUT2D eigenvalue weighted by Crippen LogP contribution is 2.32. The number of aliphatic imine (C=N–C) groups is 1. The van der Waals surface area contributed by atoms with Crippen molar-refractivity contribution in [3.05, 3.63) is 69.1 Å². The number of ketones is 1. The predicted molar refractivity (Wildman–Crippen MR) is 124 cm³/mol. The fraction of sp³-hybridized carbons (Fsp3) is 0.250. The van der Waals surface area contributed by atoms with E-state index in [9.17, 15) is 9.90 Å². The summed E-state index contributed by atoms with van der Waals surface area (Å²) in [4.78, 5) is 17.6. The number of anilines is 3. The third-order valence-corrected chi connectivity index (χ3v) is 6.00. The van der Waals surface area contributed by atoms with Crippen molar-refractivity contribution in [2.45, 2.75) is 41.5 Å². The van der Waals surface area contributed by atoms with Crippen molar-refractivity contribution in [1.29, 1.82) is 0 Å². The van der Waals surface area contributed by atoms with Crippen LogP contribution in [0, 0.1) is 27.7 Å². The van der Waals surface area contributed by atoms with Gasteiger partial charge in [0.2, 0.25) is 5.78 Å². The highest BCUT2D eigenvalue weighted by Gasteiger charge is 2.29. The van der Waals surface area contributed by atoms with Crippen molar-refractivity contribution in [2.75, 3.05) is 16.8 Å². The molecule has 1 aliphatic rings. The van der Waals surface area contributed by atoms with Gasteiger partial charge in [0.1, 0.15) is 11.5 Å². The minimum absolute atomic E-state index is 0.109. The first-order valence-corrected chi connectivity index (χ1v) is 9.77. The maximum Gasteiger partial charge on any atom is 0.209 e. The lowest BCUT2D eigenvalue weighted by Gasteiger charge is -2.23. The first kappa shape index (κ1) is 21.2. The monoisotopic (exact) mass is 404 g/mol. The smallest absolute Gasteiger partial charge is 0.209 e. The van der Waals surface area contributed by atoms with Crippen molar-refractivity contribution in [3.8, 4) is 0 Å². The second-order valence-electron chi connectivity index (χ2n) is 7.76. The normalized spacial score (nSPS) is 15.9. The van der Waals surface area contributed by atoms with Gasteiger partial charge in [0.25, 0.3) is 0 Å². The average Bonchev–Trinajstić information content (AvgIpc) is 2.72. The summed E-state index contributed by atoms with van der Waals surface area (Å²) in [5.41, 5.74) is 20.2. The van der Waals surface area contributed by atoms with E-state index in [1.807, 2.05) is 45.9 Å². The Kier molecular flexibility index (Phi) is 5.44. The van der Waals surface area contributed by atoms with Crippen LogP contribution in [0.25, 0.3) is 0 Å². The topological polar surface area (TPSA) is 114 Å². The molecule has 30 heavy (non-hydrogen) atoms. The molecule has 0 fully saturated rings. The number of carbonyl (C=O) groups excluding carboxylic acids is 1. The standard InChI is InChI=1S/C24H28N4O2/c1-11-13(3)19(9-7-17(11)25)27-21-15(5)22(24(30)16(6)23(21)29)28-20-10-8-18(26)12(2)14(20)4/h7-10,27,30H,25-26H2,1-6H3/b28-22-. The van der Waals surface area contributed by atoms with E-state index >= 15 is 0 Å². The van der Waals surface area contributed by atoms with Gasteiger partial charge in [-0.15, -0.1) is 0 Å². The number of aliphatic hydroxyl groups is 1. The number of hydrogen-bond donors (Lipinski definition) is 4. The number of nitrogens with zero attached hydrogens (tertiary/aromatic N) is 1. The van der Waals surface area contributed by atoms with E-state index in [4.69, 9.17) is 16.5 Å². The van der Waals surface area contributed by atoms with Gasteiger partial charge in [0.05, 0.1) is 11.4 Å². The molecule has 2 aromatic carbocycles. The SMILES string of the molecule is CC1=C(O)/C(=N\c2ccc(N)c(C)c2C)C(C)=C(Nc2ccc(N)c(C)c2C)C1=O. The zero-order chi connectivity index (χ0) is 22.3. The zero-order valence-electron chi connectivity index (χ0n) is 18.3. The number of nitrogens with one attached hydrogen (secondary N) is 1. The quantitative estimate of drug-likeness (QED) is 0.426. The third-order valence-electron chi connectivity index (χ3n) is 6.00. The summed E-state index contributed by atoms with van der Waals surface area (Å²) in [7, 11) is 0. The number of benzene rings is 2. The van der Waals surface area contributed by atoms with Crippen LogP contribution in [-0.4, -0.2) is 16.6 Å². The average molecular weight is 405 g/mol. The maximum atomic E-state index is 12.9.